The summed E-state index contributed by atoms with van der Waals surface area (Å²) >= 11 is 3.72. The summed E-state index contributed by atoms with van der Waals surface area (Å²) in [5.74, 6) is 0. The fourth-order valence-electron chi connectivity index (χ4n) is 2.62. The molecule has 0 saturated carbocycles. The van der Waals surface area contributed by atoms with Gasteiger partial charge in [-0.25, -0.2) is 0 Å². The lowest BCUT2D eigenvalue weighted by molar-refractivity contribution is 0.726. The van der Waals surface area contributed by atoms with Crippen molar-refractivity contribution in [3.63, 3.8) is 0 Å². The molecule has 0 aliphatic carbocycles. The highest BCUT2D eigenvalue weighted by Gasteiger charge is 2.13. The molecule has 3 heteroatoms. The Labute approximate surface area is 119 Å². The van der Waals surface area contributed by atoms with Crippen LogP contribution in [0.15, 0.2) is 22.7 Å². The molecule has 2 N–H and O–H groups in total. The number of hydrogen-bond acceptors (Lipinski definition) is 2. The van der Waals surface area contributed by atoms with Crippen LogP contribution in [0.2, 0.25) is 0 Å². The van der Waals surface area contributed by atoms with E-state index in [-0.39, 0.29) is 6.04 Å². The maximum Gasteiger partial charge on any atom is 0.0510 e. The Kier molecular flexibility index (Phi) is 5.07. The van der Waals surface area contributed by atoms with E-state index in [9.17, 15) is 0 Å². The van der Waals surface area contributed by atoms with Gasteiger partial charge in [-0.3, -0.25) is 0 Å². The largest absolute Gasteiger partial charge is 0.371 e. The normalized spacial score (nSPS) is 18.5. The maximum absolute atomic E-state index is 5.85. The van der Waals surface area contributed by atoms with E-state index in [2.05, 4.69) is 46.0 Å². The summed E-state index contributed by atoms with van der Waals surface area (Å²) in [5.41, 5.74) is 8.50. The van der Waals surface area contributed by atoms with Gasteiger partial charge in [0, 0.05) is 23.6 Å². The number of nitrogens with zero attached hydrogens (tertiary/aromatic N) is 1. The first-order chi connectivity index (χ1) is 8.66. The van der Waals surface area contributed by atoms with Crippen LogP contribution in [-0.4, -0.2) is 19.1 Å². The van der Waals surface area contributed by atoms with E-state index >= 15 is 0 Å². The lowest BCUT2D eigenvalue weighted by atomic mass is 10.1. The number of anilines is 1. The van der Waals surface area contributed by atoms with Gasteiger partial charge in [0.1, 0.15) is 0 Å². The van der Waals surface area contributed by atoms with Crippen LogP contribution in [0.25, 0.3) is 0 Å². The van der Waals surface area contributed by atoms with Crippen LogP contribution in [0.5, 0.6) is 0 Å². The molecule has 0 spiro atoms. The molecule has 2 rings (SSSR count). The van der Waals surface area contributed by atoms with Gasteiger partial charge in [-0.1, -0.05) is 18.9 Å². The predicted octanol–water partition coefficient (Wildman–Crippen LogP) is 3.72. The summed E-state index contributed by atoms with van der Waals surface area (Å²) < 4.78 is 1.21. The molecule has 0 amide bonds. The first-order valence-corrected chi connectivity index (χ1v) is 7.75. The highest BCUT2D eigenvalue weighted by Crippen LogP contribution is 2.29. The van der Waals surface area contributed by atoms with Gasteiger partial charge >= 0.3 is 0 Å². The summed E-state index contributed by atoms with van der Waals surface area (Å²) in [5, 5.41) is 0. The Morgan fingerprint density at radius 1 is 1.22 bits per heavy atom. The Morgan fingerprint density at radius 2 is 1.89 bits per heavy atom. The first-order valence-electron chi connectivity index (χ1n) is 6.96. The van der Waals surface area contributed by atoms with Crippen LogP contribution in [0, 0.1) is 0 Å². The Bertz CT molecular complexity index is 382. The topological polar surface area (TPSA) is 29.3 Å². The Hall–Kier alpha value is -0.540. The molecule has 0 aromatic heterocycles. The molecule has 1 heterocycles. The lowest BCUT2D eigenvalue weighted by Gasteiger charge is -2.24. The van der Waals surface area contributed by atoms with Crippen molar-refractivity contribution in [3.8, 4) is 0 Å². The van der Waals surface area contributed by atoms with Crippen molar-refractivity contribution in [2.45, 2.75) is 45.1 Å². The molecule has 1 aliphatic rings. The third-order valence-electron chi connectivity index (χ3n) is 3.52. The molecule has 1 atom stereocenters. The Balaban J connectivity index is 2.12. The van der Waals surface area contributed by atoms with Crippen LogP contribution in [0.4, 0.5) is 5.69 Å². The van der Waals surface area contributed by atoms with E-state index < -0.39 is 0 Å². The van der Waals surface area contributed by atoms with Crippen molar-refractivity contribution in [2.75, 3.05) is 18.0 Å². The molecule has 2 nitrogen and oxygen atoms in total. The van der Waals surface area contributed by atoms with E-state index in [0.29, 0.717) is 0 Å². The van der Waals surface area contributed by atoms with Crippen molar-refractivity contribution in [2.24, 2.45) is 5.73 Å². The van der Waals surface area contributed by atoms with Gasteiger partial charge in [-0.15, -0.1) is 0 Å². The van der Waals surface area contributed by atoms with E-state index in [0.717, 1.165) is 6.42 Å². The summed E-state index contributed by atoms with van der Waals surface area (Å²) in [6.45, 7) is 4.42. The number of nitrogens with two attached hydrogens (primary N) is 1. The lowest BCUT2D eigenvalue weighted by Crippen LogP contribution is -2.24. The smallest absolute Gasteiger partial charge is 0.0510 e. The van der Waals surface area contributed by atoms with Crippen molar-refractivity contribution in [1.29, 1.82) is 0 Å². The minimum absolute atomic E-state index is 0.223. The van der Waals surface area contributed by atoms with Crippen LogP contribution >= 0.6 is 15.9 Å². The van der Waals surface area contributed by atoms with Crippen LogP contribution in [0.1, 0.15) is 38.2 Å². The summed E-state index contributed by atoms with van der Waals surface area (Å²) in [6, 6.07) is 6.91. The molecule has 1 aromatic carbocycles. The summed E-state index contributed by atoms with van der Waals surface area (Å²) in [6.07, 6.45) is 6.31. The van der Waals surface area contributed by atoms with Gasteiger partial charge in [0.25, 0.3) is 0 Å². The predicted molar refractivity (Wildman–Crippen MR) is 82.2 cm³/mol. The zero-order valence-electron chi connectivity index (χ0n) is 11.2. The van der Waals surface area contributed by atoms with Gasteiger partial charge in [-0.2, -0.15) is 0 Å². The standard InChI is InChI=1S/C15H23BrN2/c1-12(17)10-13-6-7-15(14(16)11-13)18-8-4-2-3-5-9-18/h6-7,11-12H,2-5,8-10,17H2,1H3. The van der Waals surface area contributed by atoms with Gasteiger partial charge in [-0.05, 0) is 59.8 Å². The number of benzene rings is 1. The van der Waals surface area contributed by atoms with Crippen molar-refractivity contribution in [1.82, 2.24) is 0 Å². The van der Waals surface area contributed by atoms with Crippen LogP contribution < -0.4 is 10.6 Å². The van der Waals surface area contributed by atoms with Crippen LogP contribution in [-0.2, 0) is 6.42 Å². The van der Waals surface area contributed by atoms with Gasteiger partial charge in [0.2, 0.25) is 0 Å². The quantitative estimate of drug-likeness (QED) is 0.922. The molecule has 1 unspecified atom stereocenters. The monoisotopic (exact) mass is 310 g/mol. The first kappa shape index (κ1) is 13.9. The average molecular weight is 311 g/mol. The number of halogens is 1. The number of rotatable bonds is 3. The second-order valence-corrected chi connectivity index (χ2v) is 6.22. The van der Waals surface area contributed by atoms with Crippen molar-refractivity contribution < 1.29 is 0 Å². The van der Waals surface area contributed by atoms with E-state index in [4.69, 9.17) is 5.73 Å². The molecule has 0 bridgehead atoms. The molecule has 1 aliphatic heterocycles. The molecule has 1 saturated heterocycles. The fraction of sp³-hybridized carbons (Fsp3) is 0.600. The molecule has 1 aromatic rings. The minimum atomic E-state index is 0.223. The van der Waals surface area contributed by atoms with Crippen molar-refractivity contribution in [3.05, 3.63) is 28.2 Å². The molecular weight excluding hydrogens is 288 g/mol. The third kappa shape index (κ3) is 3.72. The maximum atomic E-state index is 5.85. The molecule has 18 heavy (non-hydrogen) atoms. The van der Waals surface area contributed by atoms with Gasteiger partial charge < -0.3 is 10.6 Å². The average Bonchev–Trinajstić information content (AvgIpc) is 2.57. The van der Waals surface area contributed by atoms with E-state index in [1.165, 1.54) is 54.5 Å². The minimum Gasteiger partial charge on any atom is -0.371 e. The molecule has 0 radical (unpaired) electrons. The fourth-order valence-corrected chi connectivity index (χ4v) is 3.29. The highest BCUT2D eigenvalue weighted by atomic mass is 79.9. The third-order valence-corrected chi connectivity index (χ3v) is 4.15. The second-order valence-electron chi connectivity index (χ2n) is 5.37. The SMILES string of the molecule is CC(N)Cc1ccc(N2CCCCCC2)c(Br)c1. The second kappa shape index (κ2) is 6.58. The Morgan fingerprint density at radius 3 is 2.44 bits per heavy atom. The highest BCUT2D eigenvalue weighted by molar-refractivity contribution is 9.10. The van der Waals surface area contributed by atoms with Crippen LogP contribution in [0.3, 0.4) is 0 Å². The van der Waals surface area contributed by atoms with E-state index in [1.807, 2.05) is 0 Å². The zero-order chi connectivity index (χ0) is 13.0. The summed E-state index contributed by atoms with van der Waals surface area (Å²) in [7, 11) is 0. The van der Waals surface area contributed by atoms with E-state index in [1.54, 1.807) is 0 Å². The molecule has 1 fully saturated rings. The number of hydrogen-bond donors (Lipinski definition) is 1. The molecule has 100 valence electrons. The van der Waals surface area contributed by atoms with Crippen molar-refractivity contribution >= 4 is 21.6 Å². The molecular formula is C15H23BrN2. The summed E-state index contributed by atoms with van der Waals surface area (Å²) in [4.78, 5) is 2.51. The van der Waals surface area contributed by atoms with Gasteiger partial charge in [0.05, 0.1) is 5.69 Å². The zero-order valence-corrected chi connectivity index (χ0v) is 12.7. The van der Waals surface area contributed by atoms with Gasteiger partial charge in [0.15, 0.2) is 0 Å².